The average Bonchev–Trinajstić information content (AvgIpc) is 3.04. The lowest BCUT2D eigenvalue weighted by Crippen LogP contribution is -2.31. The van der Waals surface area contributed by atoms with Crippen LogP contribution in [0, 0.1) is 0 Å². The highest BCUT2D eigenvalue weighted by atomic mass is 32.1. The van der Waals surface area contributed by atoms with E-state index in [2.05, 4.69) is 40.0 Å². The van der Waals surface area contributed by atoms with Gasteiger partial charge in [0.15, 0.2) is 0 Å². The first-order valence-corrected chi connectivity index (χ1v) is 8.74. The molecule has 1 aliphatic heterocycles. The summed E-state index contributed by atoms with van der Waals surface area (Å²) < 4.78 is 5.37. The molecule has 0 atom stereocenters. The summed E-state index contributed by atoms with van der Waals surface area (Å²) in [5, 5.41) is 1.18. The molecule has 0 N–H and O–H groups in total. The molecule has 0 radical (unpaired) electrons. The minimum Gasteiger partial charge on any atom is -0.497 e. The highest BCUT2D eigenvalue weighted by Crippen LogP contribution is 2.33. The molecule has 0 unspecified atom stereocenters. The second kappa shape index (κ2) is 5.81. The van der Waals surface area contributed by atoms with Crippen molar-refractivity contribution in [1.82, 2.24) is 9.97 Å². The molecule has 4 rings (SSSR count). The first-order valence-electron chi connectivity index (χ1n) is 7.92. The second-order valence-corrected chi connectivity index (χ2v) is 6.90. The predicted octanol–water partition coefficient (Wildman–Crippen LogP) is 3.83. The van der Waals surface area contributed by atoms with E-state index in [9.17, 15) is 0 Å². The van der Waals surface area contributed by atoms with Crippen LogP contribution < -0.4 is 9.64 Å². The van der Waals surface area contributed by atoms with Crippen molar-refractivity contribution in [3.05, 3.63) is 46.6 Å². The maximum atomic E-state index is 5.37. The fourth-order valence-electron chi connectivity index (χ4n) is 3.16. The number of rotatable bonds is 3. The Morgan fingerprint density at radius 1 is 1.22 bits per heavy atom. The molecule has 0 saturated heterocycles. The van der Waals surface area contributed by atoms with Crippen LogP contribution >= 0.6 is 11.3 Å². The Morgan fingerprint density at radius 3 is 2.96 bits per heavy atom. The van der Waals surface area contributed by atoms with Crippen LogP contribution in [-0.4, -0.2) is 23.6 Å². The van der Waals surface area contributed by atoms with E-state index >= 15 is 0 Å². The molecular weight excluding hydrogens is 306 g/mol. The molecule has 1 aromatic carbocycles. The summed E-state index contributed by atoms with van der Waals surface area (Å²) in [6.07, 6.45) is 3.77. The number of thiophene rings is 1. The van der Waals surface area contributed by atoms with Crippen LogP contribution in [0.4, 0.5) is 5.82 Å². The van der Waals surface area contributed by atoms with Crippen molar-refractivity contribution in [3.8, 4) is 5.75 Å². The van der Waals surface area contributed by atoms with Gasteiger partial charge in [0.2, 0.25) is 0 Å². The third kappa shape index (κ3) is 2.55. The van der Waals surface area contributed by atoms with E-state index < -0.39 is 0 Å². The van der Waals surface area contributed by atoms with Gasteiger partial charge in [-0.05, 0) is 42.2 Å². The summed E-state index contributed by atoms with van der Waals surface area (Å²) in [4.78, 5) is 13.8. The zero-order valence-electron chi connectivity index (χ0n) is 13.4. The Hall–Kier alpha value is -2.14. The molecule has 3 heterocycles. The van der Waals surface area contributed by atoms with Gasteiger partial charge in [-0.3, -0.25) is 0 Å². The van der Waals surface area contributed by atoms with Crippen molar-refractivity contribution < 1.29 is 4.74 Å². The lowest BCUT2D eigenvalue weighted by atomic mass is 9.99. The number of methoxy groups -OCH3 is 1. The predicted molar refractivity (Wildman–Crippen MR) is 94.5 cm³/mol. The first kappa shape index (κ1) is 14.5. The average molecular weight is 325 g/mol. The van der Waals surface area contributed by atoms with Gasteiger partial charge in [-0.15, -0.1) is 11.3 Å². The zero-order valence-corrected chi connectivity index (χ0v) is 14.2. The van der Waals surface area contributed by atoms with Crippen LogP contribution in [-0.2, 0) is 19.4 Å². The lowest BCUT2D eigenvalue weighted by molar-refractivity contribution is 0.413. The summed E-state index contributed by atoms with van der Waals surface area (Å²) in [5.74, 6) is 1.97. The molecule has 23 heavy (non-hydrogen) atoms. The van der Waals surface area contributed by atoms with Crippen LogP contribution in [0.25, 0.3) is 10.2 Å². The molecule has 0 amide bonds. The lowest BCUT2D eigenvalue weighted by Gasteiger charge is -2.30. The van der Waals surface area contributed by atoms with Crippen molar-refractivity contribution in [2.45, 2.75) is 26.3 Å². The number of nitrogens with zero attached hydrogens (tertiary/aromatic N) is 3. The second-order valence-electron chi connectivity index (χ2n) is 5.79. The van der Waals surface area contributed by atoms with E-state index in [1.54, 1.807) is 24.8 Å². The Balaban J connectivity index is 1.73. The molecule has 4 nitrogen and oxygen atoms in total. The maximum absolute atomic E-state index is 5.37. The zero-order chi connectivity index (χ0) is 15.8. The highest BCUT2D eigenvalue weighted by Gasteiger charge is 2.20. The fraction of sp³-hybridized carbons (Fsp3) is 0.333. The van der Waals surface area contributed by atoms with E-state index in [0.29, 0.717) is 0 Å². The number of hydrogen-bond acceptors (Lipinski definition) is 5. The number of anilines is 1. The number of fused-ring (bicyclic) bond motifs is 2. The maximum Gasteiger partial charge on any atom is 0.141 e. The topological polar surface area (TPSA) is 38.2 Å². The Labute approximate surface area is 139 Å². The molecule has 0 spiro atoms. The standard InChI is InChI=1S/C18H19N3OS/c1-3-15-9-16-17(19-11-20-18(16)23-15)21-7-6-12-4-5-14(22-2)8-13(12)10-21/h4-5,8-9,11H,3,6-7,10H2,1-2H3. The Kier molecular flexibility index (Phi) is 3.65. The molecule has 1 aliphatic rings. The quantitative estimate of drug-likeness (QED) is 0.734. The molecule has 3 aromatic rings. The number of aryl methyl sites for hydroxylation is 1. The molecule has 0 saturated carbocycles. The van der Waals surface area contributed by atoms with Crippen molar-refractivity contribution in [3.63, 3.8) is 0 Å². The van der Waals surface area contributed by atoms with Crippen molar-refractivity contribution in [2.24, 2.45) is 0 Å². The van der Waals surface area contributed by atoms with Gasteiger partial charge in [0.05, 0.1) is 12.5 Å². The van der Waals surface area contributed by atoms with Gasteiger partial charge < -0.3 is 9.64 Å². The molecular formula is C18H19N3OS. The Bertz CT molecular complexity index is 859. The van der Waals surface area contributed by atoms with Crippen molar-refractivity contribution in [2.75, 3.05) is 18.6 Å². The van der Waals surface area contributed by atoms with Gasteiger partial charge in [-0.1, -0.05) is 13.0 Å². The highest BCUT2D eigenvalue weighted by molar-refractivity contribution is 7.18. The number of aromatic nitrogens is 2. The summed E-state index contributed by atoms with van der Waals surface area (Å²) in [7, 11) is 1.72. The monoisotopic (exact) mass is 325 g/mol. The van der Waals surface area contributed by atoms with E-state index in [1.165, 1.54) is 21.4 Å². The van der Waals surface area contributed by atoms with E-state index in [-0.39, 0.29) is 0 Å². The van der Waals surface area contributed by atoms with E-state index in [1.807, 2.05) is 6.07 Å². The van der Waals surface area contributed by atoms with Crippen LogP contribution in [0.15, 0.2) is 30.6 Å². The van der Waals surface area contributed by atoms with Gasteiger partial charge >= 0.3 is 0 Å². The third-order valence-electron chi connectivity index (χ3n) is 4.43. The van der Waals surface area contributed by atoms with E-state index in [4.69, 9.17) is 4.74 Å². The minimum absolute atomic E-state index is 0.871. The molecule has 0 aliphatic carbocycles. The largest absolute Gasteiger partial charge is 0.497 e. The van der Waals surface area contributed by atoms with Gasteiger partial charge in [0.25, 0.3) is 0 Å². The van der Waals surface area contributed by atoms with Crippen molar-refractivity contribution in [1.29, 1.82) is 0 Å². The molecule has 2 aromatic heterocycles. The third-order valence-corrected chi connectivity index (χ3v) is 5.62. The van der Waals surface area contributed by atoms with Gasteiger partial charge in [0.1, 0.15) is 22.7 Å². The molecule has 0 bridgehead atoms. The first-order chi connectivity index (χ1) is 11.3. The van der Waals surface area contributed by atoms with E-state index in [0.717, 1.165) is 42.3 Å². The summed E-state index contributed by atoms with van der Waals surface area (Å²) in [6, 6.07) is 8.62. The van der Waals surface area contributed by atoms with Gasteiger partial charge in [-0.2, -0.15) is 0 Å². The van der Waals surface area contributed by atoms with Crippen molar-refractivity contribution >= 4 is 27.4 Å². The molecule has 0 fully saturated rings. The van der Waals surface area contributed by atoms with Crippen LogP contribution in [0.3, 0.4) is 0 Å². The normalized spacial score (nSPS) is 14.1. The fourth-order valence-corrected chi connectivity index (χ4v) is 4.09. The SMILES string of the molecule is CCc1cc2c(N3CCc4ccc(OC)cc4C3)ncnc2s1. The molecule has 118 valence electrons. The summed E-state index contributed by atoms with van der Waals surface area (Å²) in [6.45, 7) is 4.04. The van der Waals surface area contributed by atoms with Crippen LogP contribution in [0.5, 0.6) is 5.75 Å². The number of ether oxygens (including phenoxy) is 1. The summed E-state index contributed by atoms with van der Waals surface area (Å²) in [5.41, 5.74) is 2.74. The smallest absolute Gasteiger partial charge is 0.141 e. The summed E-state index contributed by atoms with van der Waals surface area (Å²) >= 11 is 1.77. The van der Waals surface area contributed by atoms with Crippen LogP contribution in [0.2, 0.25) is 0 Å². The van der Waals surface area contributed by atoms with Gasteiger partial charge in [0, 0.05) is 18.0 Å². The number of benzene rings is 1. The minimum atomic E-state index is 0.871. The number of hydrogen-bond donors (Lipinski definition) is 0. The molecule has 5 heteroatoms. The van der Waals surface area contributed by atoms with Crippen LogP contribution in [0.1, 0.15) is 22.9 Å². The Morgan fingerprint density at radius 2 is 2.13 bits per heavy atom. The van der Waals surface area contributed by atoms with Gasteiger partial charge in [-0.25, -0.2) is 9.97 Å².